The van der Waals surface area contributed by atoms with Crippen molar-refractivity contribution in [2.24, 2.45) is 5.92 Å². The third-order valence-electron chi connectivity index (χ3n) is 5.36. The lowest BCUT2D eigenvalue weighted by molar-refractivity contribution is 0.0841. The molecule has 3 atom stereocenters. The molecular formula is C21H18BrNO. The number of ether oxygens (including phenoxy) is 1. The molecule has 3 aromatic rings. The van der Waals surface area contributed by atoms with E-state index in [2.05, 4.69) is 81.9 Å². The average Bonchev–Trinajstić information content (AvgIpc) is 3.11. The largest absolute Gasteiger partial charge is 0.378 e. The Morgan fingerprint density at radius 1 is 0.958 bits per heavy atom. The highest BCUT2D eigenvalue weighted by atomic mass is 79.9. The first-order valence-corrected chi connectivity index (χ1v) is 9.26. The van der Waals surface area contributed by atoms with Gasteiger partial charge in [0, 0.05) is 28.2 Å². The van der Waals surface area contributed by atoms with E-state index in [1.165, 1.54) is 27.6 Å². The van der Waals surface area contributed by atoms with E-state index < -0.39 is 0 Å². The van der Waals surface area contributed by atoms with Crippen LogP contribution in [0.5, 0.6) is 0 Å². The molecule has 120 valence electrons. The van der Waals surface area contributed by atoms with Gasteiger partial charge in [0.2, 0.25) is 0 Å². The van der Waals surface area contributed by atoms with Gasteiger partial charge >= 0.3 is 0 Å². The lowest BCUT2D eigenvalue weighted by Gasteiger charge is -2.37. The van der Waals surface area contributed by atoms with Gasteiger partial charge in [0.15, 0.2) is 0 Å². The monoisotopic (exact) mass is 379 g/mol. The molecule has 1 saturated heterocycles. The predicted molar refractivity (Wildman–Crippen MR) is 101 cm³/mol. The summed E-state index contributed by atoms with van der Waals surface area (Å²) in [6, 6.07) is 22.0. The molecular weight excluding hydrogens is 362 g/mol. The summed E-state index contributed by atoms with van der Waals surface area (Å²) >= 11 is 3.53. The Labute approximate surface area is 150 Å². The van der Waals surface area contributed by atoms with Gasteiger partial charge in [0.05, 0.1) is 12.1 Å². The van der Waals surface area contributed by atoms with E-state index in [-0.39, 0.29) is 6.10 Å². The van der Waals surface area contributed by atoms with Gasteiger partial charge in [0.1, 0.15) is 0 Å². The number of nitrogens with one attached hydrogen (secondary N) is 1. The van der Waals surface area contributed by atoms with Gasteiger partial charge < -0.3 is 10.1 Å². The topological polar surface area (TPSA) is 21.3 Å². The van der Waals surface area contributed by atoms with E-state index in [1.54, 1.807) is 0 Å². The summed E-state index contributed by atoms with van der Waals surface area (Å²) in [7, 11) is 0. The molecule has 2 aliphatic rings. The SMILES string of the molecule is Brc1ccc(C2Nc3ccc4ccccc4c3C3OCCC23)cc1. The molecule has 2 heterocycles. The van der Waals surface area contributed by atoms with Crippen molar-refractivity contribution in [1.29, 1.82) is 0 Å². The van der Waals surface area contributed by atoms with Crippen LogP contribution in [-0.2, 0) is 4.74 Å². The molecule has 1 N–H and O–H groups in total. The van der Waals surface area contributed by atoms with Crippen molar-refractivity contribution in [1.82, 2.24) is 0 Å². The fourth-order valence-electron chi connectivity index (χ4n) is 4.25. The molecule has 2 aliphatic heterocycles. The number of anilines is 1. The quantitative estimate of drug-likeness (QED) is 0.572. The number of fused-ring (bicyclic) bond motifs is 5. The molecule has 1 fully saturated rings. The molecule has 0 radical (unpaired) electrons. The van der Waals surface area contributed by atoms with Gasteiger partial charge in [-0.15, -0.1) is 0 Å². The van der Waals surface area contributed by atoms with Crippen LogP contribution in [0.3, 0.4) is 0 Å². The molecule has 0 bridgehead atoms. The number of hydrogen-bond donors (Lipinski definition) is 1. The summed E-state index contributed by atoms with van der Waals surface area (Å²) in [5.41, 5.74) is 3.88. The summed E-state index contributed by atoms with van der Waals surface area (Å²) in [5, 5.41) is 6.40. The Balaban J connectivity index is 1.66. The van der Waals surface area contributed by atoms with E-state index in [0.29, 0.717) is 12.0 Å². The minimum absolute atomic E-state index is 0.181. The summed E-state index contributed by atoms with van der Waals surface area (Å²) < 4.78 is 7.34. The fraction of sp³-hybridized carbons (Fsp3) is 0.238. The first-order chi connectivity index (χ1) is 11.8. The van der Waals surface area contributed by atoms with Crippen molar-refractivity contribution in [2.45, 2.75) is 18.6 Å². The van der Waals surface area contributed by atoms with Gasteiger partial charge in [-0.3, -0.25) is 0 Å². The maximum absolute atomic E-state index is 6.22. The highest BCUT2D eigenvalue weighted by Crippen LogP contribution is 2.51. The zero-order valence-electron chi connectivity index (χ0n) is 13.2. The van der Waals surface area contributed by atoms with Crippen LogP contribution in [0.2, 0.25) is 0 Å². The van der Waals surface area contributed by atoms with Crippen molar-refractivity contribution in [2.75, 3.05) is 11.9 Å². The molecule has 3 aromatic carbocycles. The highest BCUT2D eigenvalue weighted by Gasteiger charge is 2.42. The molecule has 5 rings (SSSR count). The summed E-state index contributed by atoms with van der Waals surface area (Å²) in [4.78, 5) is 0. The second kappa shape index (κ2) is 5.61. The molecule has 3 unspecified atom stereocenters. The summed E-state index contributed by atoms with van der Waals surface area (Å²) in [6.07, 6.45) is 1.28. The molecule has 0 spiro atoms. The molecule has 0 saturated carbocycles. The van der Waals surface area contributed by atoms with E-state index in [4.69, 9.17) is 4.74 Å². The van der Waals surface area contributed by atoms with Crippen LogP contribution in [-0.4, -0.2) is 6.61 Å². The smallest absolute Gasteiger partial charge is 0.0902 e. The van der Waals surface area contributed by atoms with Crippen LogP contribution < -0.4 is 5.32 Å². The van der Waals surface area contributed by atoms with Crippen molar-refractivity contribution in [3.05, 3.63) is 76.3 Å². The normalized spacial score (nSPS) is 25.1. The van der Waals surface area contributed by atoms with Gasteiger partial charge in [0.25, 0.3) is 0 Å². The molecule has 24 heavy (non-hydrogen) atoms. The van der Waals surface area contributed by atoms with E-state index >= 15 is 0 Å². The lowest BCUT2D eigenvalue weighted by Crippen LogP contribution is -2.29. The Hall–Kier alpha value is -1.84. The van der Waals surface area contributed by atoms with Crippen molar-refractivity contribution >= 4 is 32.4 Å². The third kappa shape index (κ3) is 2.19. The van der Waals surface area contributed by atoms with E-state index in [9.17, 15) is 0 Å². The first kappa shape index (κ1) is 14.5. The third-order valence-corrected chi connectivity index (χ3v) is 5.89. The number of hydrogen-bond acceptors (Lipinski definition) is 2. The maximum atomic E-state index is 6.22. The van der Waals surface area contributed by atoms with Crippen molar-refractivity contribution in [3.63, 3.8) is 0 Å². The number of benzene rings is 3. The molecule has 3 heteroatoms. The van der Waals surface area contributed by atoms with Crippen molar-refractivity contribution < 1.29 is 4.74 Å². The van der Waals surface area contributed by atoms with Crippen molar-refractivity contribution in [3.8, 4) is 0 Å². The Bertz CT molecular complexity index is 905. The standard InChI is InChI=1S/C21H18BrNO/c22-15-8-5-14(6-9-15)20-17-11-12-24-21(17)19-16-4-2-1-3-13(16)7-10-18(19)23-20/h1-10,17,20-21,23H,11-12H2. The Kier molecular flexibility index (Phi) is 3.39. The molecule has 0 aromatic heterocycles. The Morgan fingerprint density at radius 3 is 2.67 bits per heavy atom. The van der Waals surface area contributed by atoms with Crippen LogP contribution in [0.15, 0.2) is 65.1 Å². The second-order valence-corrected chi connectivity index (χ2v) is 7.58. The van der Waals surface area contributed by atoms with Crippen LogP contribution >= 0.6 is 15.9 Å². The predicted octanol–water partition coefficient (Wildman–Crippen LogP) is 5.85. The zero-order chi connectivity index (χ0) is 16.1. The minimum Gasteiger partial charge on any atom is -0.378 e. The molecule has 0 amide bonds. The number of halogens is 1. The highest BCUT2D eigenvalue weighted by molar-refractivity contribution is 9.10. The summed E-state index contributed by atoms with van der Waals surface area (Å²) in [6.45, 7) is 0.840. The maximum Gasteiger partial charge on any atom is 0.0902 e. The first-order valence-electron chi connectivity index (χ1n) is 8.46. The summed E-state index contributed by atoms with van der Waals surface area (Å²) in [5.74, 6) is 0.476. The van der Waals surface area contributed by atoms with Crippen LogP contribution in [0.25, 0.3) is 10.8 Å². The zero-order valence-corrected chi connectivity index (χ0v) is 14.8. The van der Waals surface area contributed by atoms with Crippen LogP contribution in [0.1, 0.15) is 29.7 Å². The van der Waals surface area contributed by atoms with Crippen LogP contribution in [0.4, 0.5) is 5.69 Å². The van der Waals surface area contributed by atoms with E-state index in [0.717, 1.165) is 17.5 Å². The lowest BCUT2D eigenvalue weighted by atomic mass is 9.79. The fourth-order valence-corrected chi connectivity index (χ4v) is 4.51. The van der Waals surface area contributed by atoms with Crippen LogP contribution in [0, 0.1) is 5.92 Å². The van der Waals surface area contributed by atoms with Gasteiger partial charge in [-0.25, -0.2) is 0 Å². The minimum atomic E-state index is 0.181. The van der Waals surface area contributed by atoms with E-state index in [1.807, 2.05) is 0 Å². The van der Waals surface area contributed by atoms with Gasteiger partial charge in [-0.05, 0) is 41.0 Å². The van der Waals surface area contributed by atoms with Gasteiger partial charge in [-0.1, -0.05) is 58.4 Å². The second-order valence-electron chi connectivity index (χ2n) is 6.67. The number of rotatable bonds is 1. The Morgan fingerprint density at radius 2 is 1.79 bits per heavy atom. The van der Waals surface area contributed by atoms with Gasteiger partial charge in [-0.2, -0.15) is 0 Å². The molecule has 2 nitrogen and oxygen atoms in total. The average molecular weight is 380 g/mol. The molecule has 0 aliphatic carbocycles.